The van der Waals surface area contributed by atoms with Crippen LogP contribution in [0.15, 0.2) is 45.8 Å². The molecule has 0 spiro atoms. The predicted molar refractivity (Wildman–Crippen MR) is 82.3 cm³/mol. The molecule has 0 aliphatic heterocycles. The molecule has 21 heavy (non-hydrogen) atoms. The summed E-state index contributed by atoms with van der Waals surface area (Å²) in [6.07, 6.45) is 0. The summed E-state index contributed by atoms with van der Waals surface area (Å²) in [5.41, 5.74) is 0.517. The number of sulfonamides is 1. The van der Waals surface area contributed by atoms with E-state index in [1.165, 1.54) is 30.3 Å². The van der Waals surface area contributed by atoms with Crippen LogP contribution in [-0.2, 0) is 16.6 Å². The van der Waals surface area contributed by atoms with E-state index in [2.05, 4.69) is 20.7 Å². The van der Waals surface area contributed by atoms with Gasteiger partial charge in [-0.05, 0) is 57.9 Å². The molecule has 0 saturated carbocycles. The topological polar surface area (TPSA) is 66.4 Å². The maximum Gasteiger partial charge on any atom is 0.261 e. The highest BCUT2D eigenvalue weighted by Gasteiger charge is 2.16. The third-order valence-electron chi connectivity index (χ3n) is 2.67. The second-order valence-electron chi connectivity index (χ2n) is 4.15. The van der Waals surface area contributed by atoms with Crippen molar-refractivity contribution in [2.75, 3.05) is 4.72 Å². The Morgan fingerprint density at radius 3 is 2.57 bits per heavy atom. The summed E-state index contributed by atoms with van der Waals surface area (Å²) in [5.74, 6) is -0.494. The largest absolute Gasteiger partial charge is 0.392 e. The molecular weight excluding hydrogens is 385 g/mol. The number of aliphatic hydroxyl groups excluding tert-OH is 1. The number of benzene rings is 2. The van der Waals surface area contributed by atoms with Crippen LogP contribution in [0.2, 0.25) is 5.02 Å². The number of rotatable bonds is 4. The van der Waals surface area contributed by atoms with Crippen LogP contribution in [0.3, 0.4) is 0 Å². The number of halogens is 3. The summed E-state index contributed by atoms with van der Waals surface area (Å²) in [4.78, 5) is -0.0450. The molecule has 0 saturated heterocycles. The fourth-order valence-electron chi connectivity index (χ4n) is 1.61. The highest BCUT2D eigenvalue weighted by atomic mass is 79.9. The molecular formula is C13H10BrClFNO3S. The third kappa shape index (κ3) is 3.74. The van der Waals surface area contributed by atoms with Gasteiger partial charge in [-0.15, -0.1) is 0 Å². The van der Waals surface area contributed by atoms with Crippen LogP contribution >= 0.6 is 27.5 Å². The summed E-state index contributed by atoms with van der Waals surface area (Å²) >= 11 is 8.80. The van der Waals surface area contributed by atoms with Crippen LogP contribution in [-0.4, -0.2) is 13.5 Å². The summed E-state index contributed by atoms with van der Waals surface area (Å²) < 4.78 is 40.1. The lowest BCUT2D eigenvalue weighted by Gasteiger charge is -2.10. The molecule has 0 fully saturated rings. The predicted octanol–water partition coefficient (Wildman–Crippen LogP) is 3.53. The zero-order valence-electron chi connectivity index (χ0n) is 10.5. The van der Waals surface area contributed by atoms with E-state index >= 15 is 0 Å². The Morgan fingerprint density at radius 1 is 1.24 bits per heavy atom. The minimum atomic E-state index is -3.86. The molecule has 0 bridgehead atoms. The monoisotopic (exact) mass is 393 g/mol. The number of anilines is 1. The Kier molecular flexibility index (Phi) is 4.88. The highest BCUT2D eigenvalue weighted by molar-refractivity contribution is 9.10. The van der Waals surface area contributed by atoms with E-state index in [0.717, 1.165) is 6.07 Å². The first-order chi connectivity index (χ1) is 9.83. The number of aliphatic hydroxyl groups is 1. The van der Waals surface area contributed by atoms with Gasteiger partial charge < -0.3 is 5.11 Å². The minimum Gasteiger partial charge on any atom is -0.392 e. The maximum atomic E-state index is 13.1. The minimum absolute atomic E-state index is 0.0450. The molecule has 2 rings (SSSR count). The maximum absolute atomic E-state index is 13.1. The molecule has 0 aliphatic rings. The fraction of sp³-hybridized carbons (Fsp3) is 0.0769. The SMILES string of the molecule is O=S(=O)(Nc1ccc(F)c(Br)c1)c1ccc(Cl)c(CO)c1. The normalized spacial score (nSPS) is 11.4. The Bertz CT molecular complexity index is 783. The van der Waals surface area contributed by atoms with Gasteiger partial charge in [0.15, 0.2) is 0 Å². The lowest BCUT2D eigenvalue weighted by atomic mass is 10.2. The van der Waals surface area contributed by atoms with Crippen molar-refractivity contribution in [3.05, 3.63) is 57.3 Å². The lowest BCUT2D eigenvalue weighted by molar-refractivity contribution is 0.281. The van der Waals surface area contributed by atoms with Crippen LogP contribution < -0.4 is 4.72 Å². The Morgan fingerprint density at radius 2 is 1.95 bits per heavy atom. The van der Waals surface area contributed by atoms with Gasteiger partial charge in [-0.2, -0.15) is 0 Å². The molecule has 2 N–H and O–H groups in total. The Hall–Kier alpha value is -1.15. The van der Waals surface area contributed by atoms with E-state index in [9.17, 15) is 12.8 Å². The van der Waals surface area contributed by atoms with Gasteiger partial charge in [0.05, 0.1) is 21.7 Å². The Balaban J connectivity index is 2.35. The molecule has 0 atom stereocenters. The zero-order chi connectivity index (χ0) is 15.6. The van der Waals surface area contributed by atoms with E-state index in [-0.39, 0.29) is 26.7 Å². The van der Waals surface area contributed by atoms with Gasteiger partial charge >= 0.3 is 0 Å². The molecule has 4 nitrogen and oxygen atoms in total. The van der Waals surface area contributed by atoms with Crippen molar-refractivity contribution in [1.29, 1.82) is 0 Å². The number of nitrogens with one attached hydrogen (secondary N) is 1. The second kappa shape index (κ2) is 6.31. The van der Waals surface area contributed by atoms with Gasteiger partial charge in [0.1, 0.15) is 5.82 Å². The van der Waals surface area contributed by atoms with E-state index in [1.807, 2.05) is 0 Å². The molecule has 0 aromatic heterocycles. The highest BCUT2D eigenvalue weighted by Crippen LogP contribution is 2.25. The van der Waals surface area contributed by atoms with Gasteiger partial charge in [0.2, 0.25) is 0 Å². The third-order valence-corrected chi connectivity index (χ3v) is 5.03. The van der Waals surface area contributed by atoms with Crippen LogP contribution in [0.5, 0.6) is 0 Å². The van der Waals surface area contributed by atoms with Crippen molar-refractivity contribution in [1.82, 2.24) is 0 Å². The summed E-state index contributed by atoms with van der Waals surface area (Å²) in [6.45, 7) is -0.371. The van der Waals surface area contributed by atoms with Gasteiger partial charge in [0, 0.05) is 5.02 Å². The molecule has 112 valence electrons. The van der Waals surface area contributed by atoms with Crippen molar-refractivity contribution in [3.8, 4) is 0 Å². The van der Waals surface area contributed by atoms with Crippen LogP contribution in [0.1, 0.15) is 5.56 Å². The van der Waals surface area contributed by atoms with Crippen molar-refractivity contribution >= 4 is 43.2 Å². The molecule has 0 unspecified atom stereocenters. The average molecular weight is 395 g/mol. The first kappa shape index (κ1) is 16.2. The molecule has 8 heteroatoms. The zero-order valence-corrected chi connectivity index (χ0v) is 13.6. The standard InChI is InChI=1S/C13H10BrClFNO3S/c14-11-6-9(1-4-13(11)16)17-21(19,20)10-2-3-12(15)8(5-10)7-18/h1-6,17-18H,7H2. The van der Waals surface area contributed by atoms with Gasteiger partial charge in [-0.1, -0.05) is 11.6 Å². The molecule has 2 aromatic rings. The second-order valence-corrected chi connectivity index (χ2v) is 7.09. The summed E-state index contributed by atoms with van der Waals surface area (Å²) in [7, 11) is -3.86. The quantitative estimate of drug-likeness (QED) is 0.833. The molecule has 0 radical (unpaired) electrons. The summed E-state index contributed by atoms with van der Waals surface area (Å²) in [5, 5.41) is 9.40. The van der Waals surface area contributed by atoms with Crippen LogP contribution in [0.25, 0.3) is 0 Å². The van der Waals surface area contributed by atoms with Crippen LogP contribution in [0, 0.1) is 5.82 Å². The number of hydrogen-bond acceptors (Lipinski definition) is 3. The van der Waals surface area contributed by atoms with Crippen molar-refractivity contribution in [2.24, 2.45) is 0 Å². The van der Waals surface area contributed by atoms with Crippen molar-refractivity contribution in [2.45, 2.75) is 11.5 Å². The number of hydrogen-bond donors (Lipinski definition) is 2. The van der Waals surface area contributed by atoms with Gasteiger partial charge in [-0.25, -0.2) is 12.8 Å². The van der Waals surface area contributed by atoms with Crippen molar-refractivity contribution < 1.29 is 17.9 Å². The average Bonchev–Trinajstić information content (AvgIpc) is 2.43. The van der Waals surface area contributed by atoms with E-state index in [0.29, 0.717) is 5.56 Å². The molecule has 2 aromatic carbocycles. The van der Waals surface area contributed by atoms with E-state index < -0.39 is 15.8 Å². The van der Waals surface area contributed by atoms with E-state index in [4.69, 9.17) is 16.7 Å². The van der Waals surface area contributed by atoms with Crippen LogP contribution in [0.4, 0.5) is 10.1 Å². The van der Waals surface area contributed by atoms with Gasteiger partial charge in [-0.3, -0.25) is 4.72 Å². The smallest absolute Gasteiger partial charge is 0.261 e. The molecule has 0 heterocycles. The fourth-order valence-corrected chi connectivity index (χ4v) is 3.27. The van der Waals surface area contributed by atoms with Crippen molar-refractivity contribution in [3.63, 3.8) is 0 Å². The summed E-state index contributed by atoms with van der Waals surface area (Å²) in [6, 6.07) is 7.76. The van der Waals surface area contributed by atoms with E-state index in [1.54, 1.807) is 0 Å². The molecule has 0 aliphatic carbocycles. The first-order valence-electron chi connectivity index (χ1n) is 5.70. The lowest BCUT2D eigenvalue weighted by Crippen LogP contribution is -2.13. The molecule has 0 amide bonds. The first-order valence-corrected chi connectivity index (χ1v) is 8.36. The Labute approximate surface area is 134 Å². The van der Waals surface area contributed by atoms with Gasteiger partial charge in [0.25, 0.3) is 10.0 Å².